The highest BCUT2D eigenvalue weighted by Crippen LogP contribution is 2.33. The van der Waals surface area contributed by atoms with Crippen LogP contribution in [-0.4, -0.2) is 29.0 Å². The molecule has 162 valence electrons. The lowest BCUT2D eigenvalue weighted by molar-refractivity contribution is -0.143. The maximum Gasteiger partial charge on any atom is 0.338 e. The van der Waals surface area contributed by atoms with E-state index in [4.69, 9.17) is 9.47 Å². The Kier molecular flexibility index (Phi) is 6.74. The predicted octanol–water partition coefficient (Wildman–Crippen LogP) is 4.10. The van der Waals surface area contributed by atoms with Crippen LogP contribution < -0.4 is 10.1 Å². The summed E-state index contributed by atoms with van der Waals surface area (Å²) in [5.74, 6) is -0.525. The maximum absolute atomic E-state index is 13.0. The molecule has 1 heterocycles. The third kappa shape index (κ3) is 5.31. The molecular formula is C24H26N2O5. The normalized spacial score (nSPS) is 16.2. The third-order valence-corrected chi connectivity index (χ3v) is 4.82. The smallest absolute Gasteiger partial charge is 0.338 e. The van der Waals surface area contributed by atoms with E-state index in [1.54, 1.807) is 45.0 Å². The van der Waals surface area contributed by atoms with Crippen molar-refractivity contribution in [3.63, 3.8) is 0 Å². The van der Waals surface area contributed by atoms with E-state index in [9.17, 15) is 14.4 Å². The van der Waals surface area contributed by atoms with Crippen molar-refractivity contribution in [2.24, 2.45) is 0 Å². The number of hydrogen-bond acceptors (Lipinski definition) is 5. The Morgan fingerprint density at radius 1 is 1.06 bits per heavy atom. The summed E-state index contributed by atoms with van der Waals surface area (Å²) >= 11 is 0. The Bertz CT molecular complexity index is 996. The minimum atomic E-state index is -0.683. The van der Waals surface area contributed by atoms with E-state index in [1.165, 1.54) is 11.8 Å². The molecule has 0 radical (unpaired) electrons. The fraction of sp³-hybridized carbons (Fsp3) is 0.292. The molecule has 0 bridgehead atoms. The van der Waals surface area contributed by atoms with Gasteiger partial charge in [0.25, 0.3) is 0 Å². The fourth-order valence-electron chi connectivity index (χ4n) is 3.42. The molecule has 0 aromatic heterocycles. The molecule has 2 aromatic rings. The molecule has 31 heavy (non-hydrogen) atoms. The molecule has 7 nitrogen and oxygen atoms in total. The second-order valence-corrected chi connectivity index (χ2v) is 7.57. The van der Waals surface area contributed by atoms with Gasteiger partial charge < -0.3 is 14.8 Å². The Morgan fingerprint density at radius 3 is 2.29 bits per heavy atom. The van der Waals surface area contributed by atoms with Crippen molar-refractivity contribution in [2.75, 3.05) is 0 Å². The minimum absolute atomic E-state index is 0.306. The summed E-state index contributed by atoms with van der Waals surface area (Å²) < 4.78 is 10.5. The summed E-state index contributed by atoms with van der Waals surface area (Å²) in [6.07, 6.45) is -0.306. The minimum Gasteiger partial charge on any atom is -0.459 e. The molecule has 7 heteroatoms. The van der Waals surface area contributed by atoms with Crippen molar-refractivity contribution in [3.05, 3.63) is 77.0 Å². The number of urea groups is 1. The van der Waals surface area contributed by atoms with Crippen LogP contribution in [0, 0.1) is 0 Å². The van der Waals surface area contributed by atoms with Gasteiger partial charge in [-0.15, -0.1) is 0 Å². The molecule has 0 spiro atoms. The first-order valence-electron chi connectivity index (χ1n) is 10.1. The highest BCUT2D eigenvalue weighted by molar-refractivity contribution is 5.95. The maximum atomic E-state index is 13.0. The monoisotopic (exact) mass is 422 g/mol. The lowest BCUT2D eigenvalue weighted by atomic mass is 9.94. The zero-order valence-electron chi connectivity index (χ0n) is 18.0. The molecule has 1 aliphatic rings. The van der Waals surface area contributed by atoms with Gasteiger partial charge >= 0.3 is 18.0 Å². The molecule has 1 aliphatic heterocycles. The molecule has 1 atom stereocenters. The number of rotatable bonds is 6. The number of carbonyl (C=O) groups excluding carboxylic acids is 3. The summed E-state index contributed by atoms with van der Waals surface area (Å²) in [6, 6.07) is 15.2. The summed E-state index contributed by atoms with van der Waals surface area (Å²) in [6.45, 7) is 6.95. The second kappa shape index (κ2) is 9.47. The Balaban J connectivity index is 1.99. The molecule has 2 aromatic carbocycles. The van der Waals surface area contributed by atoms with Crippen molar-refractivity contribution >= 4 is 18.0 Å². The van der Waals surface area contributed by atoms with Crippen LogP contribution in [0.5, 0.6) is 5.75 Å². The second-order valence-electron chi connectivity index (χ2n) is 7.57. The molecule has 0 unspecified atom stereocenters. The average molecular weight is 422 g/mol. The van der Waals surface area contributed by atoms with Gasteiger partial charge in [0.05, 0.1) is 24.3 Å². The number of hydrogen-bond donors (Lipinski definition) is 1. The zero-order chi connectivity index (χ0) is 22.5. The summed E-state index contributed by atoms with van der Waals surface area (Å²) in [5, 5.41) is 2.92. The van der Waals surface area contributed by atoms with Gasteiger partial charge in [-0.1, -0.05) is 42.5 Å². The van der Waals surface area contributed by atoms with Crippen LogP contribution in [0.15, 0.2) is 65.9 Å². The van der Waals surface area contributed by atoms with Gasteiger partial charge in [-0.25, -0.2) is 9.59 Å². The van der Waals surface area contributed by atoms with E-state index in [-0.39, 0.29) is 12.1 Å². The van der Waals surface area contributed by atoms with Gasteiger partial charge in [0.15, 0.2) is 0 Å². The van der Waals surface area contributed by atoms with Gasteiger partial charge in [0.2, 0.25) is 0 Å². The van der Waals surface area contributed by atoms with E-state index >= 15 is 0 Å². The number of nitrogens with zero attached hydrogens (tertiary/aromatic N) is 1. The standard InChI is InChI=1S/C24H26N2O5/c1-15(2)30-23(28)21-16(3)26(14-18-8-6-5-7-9-18)24(29)25-22(21)19-10-12-20(13-11-19)31-17(4)27/h5-13,15,22H,14H2,1-4H3,(H,25,29)/t22-/m0/s1. The SMILES string of the molecule is CC(=O)Oc1ccc([C@@H]2NC(=O)N(Cc3ccccc3)C(C)=C2C(=O)OC(C)C)cc1. The highest BCUT2D eigenvalue weighted by atomic mass is 16.5. The quantitative estimate of drug-likeness (QED) is 0.560. The van der Waals surface area contributed by atoms with Crippen molar-refractivity contribution in [1.29, 1.82) is 0 Å². The van der Waals surface area contributed by atoms with Crippen LogP contribution in [0.4, 0.5) is 4.79 Å². The number of amides is 2. The van der Waals surface area contributed by atoms with Gasteiger partial charge in [-0.3, -0.25) is 9.69 Å². The zero-order valence-corrected chi connectivity index (χ0v) is 18.0. The van der Waals surface area contributed by atoms with Gasteiger partial charge in [0, 0.05) is 12.6 Å². The summed E-state index contributed by atoms with van der Waals surface area (Å²) in [5.41, 5.74) is 2.52. The largest absolute Gasteiger partial charge is 0.459 e. The Hall–Kier alpha value is -3.61. The predicted molar refractivity (Wildman–Crippen MR) is 115 cm³/mol. The Labute approximate surface area is 181 Å². The Morgan fingerprint density at radius 2 is 1.71 bits per heavy atom. The van der Waals surface area contributed by atoms with Crippen LogP contribution >= 0.6 is 0 Å². The van der Waals surface area contributed by atoms with E-state index in [2.05, 4.69) is 5.32 Å². The van der Waals surface area contributed by atoms with Crippen LogP contribution in [0.3, 0.4) is 0 Å². The first-order chi connectivity index (χ1) is 14.8. The van der Waals surface area contributed by atoms with Crippen LogP contribution in [0.2, 0.25) is 0 Å². The molecule has 0 fully saturated rings. The fourth-order valence-corrected chi connectivity index (χ4v) is 3.42. The van der Waals surface area contributed by atoms with Gasteiger partial charge in [-0.05, 0) is 44.0 Å². The molecule has 0 saturated carbocycles. The summed E-state index contributed by atoms with van der Waals surface area (Å²) in [4.78, 5) is 38.6. The van der Waals surface area contributed by atoms with Crippen LogP contribution in [0.25, 0.3) is 0 Å². The lowest BCUT2D eigenvalue weighted by Crippen LogP contribution is -2.47. The number of ether oxygens (including phenoxy) is 2. The van der Waals surface area contributed by atoms with Crippen molar-refractivity contribution in [2.45, 2.75) is 46.4 Å². The number of benzene rings is 2. The molecule has 0 saturated heterocycles. The van der Waals surface area contributed by atoms with Crippen LogP contribution in [0.1, 0.15) is 44.9 Å². The molecule has 2 amide bonds. The number of esters is 2. The summed E-state index contributed by atoms with van der Waals surface area (Å²) in [7, 11) is 0. The molecule has 1 N–H and O–H groups in total. The van der Waals surface area contributed by atoms with E-state index in [0.29, 0.717) is 29.1 Å². The topological polar surface area (TPSA) is 84.9 Å². The number of carbonyl (C=O) groups is 3. The molecule has 0 aliphatic carbocycles. The van der Waals surface area contributed by atoms with Gasteiger partial charge in [0.1, 0.15) is 5.75 Å². The van der Waals surface area contributed by atoms with Crippen molar-refractivity contribution in [1.82, 2.24) is 10.2 Å². The molecule has 3 rings (SSSR count). The van der Waals surface area contributed by atoms with Crippen LogP contribution in [-0.2, 0) is 20.9 Å². The highest BCUT2D eigenvalue weighted by Gasteiger charge is 2.36. The van der Waals surface area contributed by atoms with Crippen molar-refractivity contribution in [3.8, 4) is 5.75 Å². The number of allylic oxidation sites excluding steroid dienone is 1. The average Bonchev–Trinajstić information content (AvgIpc) is 2.71. The lowest BCUT2D eigenvalue weighted by Gasteiger charge is -2.35. The number of nitrogens with one attached hydrogen (secondary N) is 1. The van der Waals surface area contributed by atoms with E-state index in [1.807, 2.05) is 30.3 Å². The van der Waals surface area contributed by atoms with Gasteiger partial charge in [-0.2, -0.15) is 0 Å². The van der Waals surface area contributed by atoms with Crippen molar-refractivity contribution < 1.29 is 23.9 Å². The third-order valence-electron chi connectivity index (χ3n) is 4.82. The first kappa shape index (κ1) is 22.1. The molecular weight excluding hydrogens is 396 g/mol. The van der Waals surface area contributed by atoms with E-state index in [0.717, 1.165) is 5.56 Å². The van der Waals surface area contributed by atoms with E-state index < -0.39 is 18.0 Å². The first-order valence-corrected chi connectivity index (χ1v) is 10.1.